The first kappa shape index (κ1) is 20.3. The van der Waals surface area contributed by atoms with Gasteiger partial charge in [0.25, 0.3) is 0 Å². The van der Waals surface area contributed by atoms with E-state index in [4.69, 9.17) is 0 Å². The topological polar surface area (TPSA) is 20.2 Å². The molecule has 0 aliphatic rings. The van der Waals surface area contributed by atoms with E-state index in [-0.39, 0.29) is 0 Å². The molecule has 0 aliphatic heterocycles. The molecule has 0 atom stereocenters. The summed E-state index contributed by atoms with van der Waals surface area (Å²) < 4.78 is 2.63. The van der Waals surface area contributed by atoms with E-state index in [1.165, 1.54) is 42.2 Å². The van der Waals surface area contributed by atoms with E-state index in [0.29, 0.717) is 5.75 Å². The Morgan fingerprint density at radius 1 is 0.514 bits per heavy atom. The fourth-order valence-electron chi connectivity index (χ4n) is 5.27. The van der Waals surface area contributed by atoms with Crippen molar-refractivity contribution in [1.29, 1.82) is 0 Å². The van der Waals surface area contributed by atoms with Gasteiger partial charge in [0.15, 0.2) is 0 Å². The van der Waals surface area contributed by atoms with Crippen LogP contribution in [-0.4, -0.2) is 5.11 Å². The largest absolute Gasteiger partial charge is 0.507 e. The molecule has 166 valence electrons. The smallest absolute Gasteiger partial charge is 0.124 e. The summed E-state index contributed by atoms with van der Waals surface area (Å²) >= 11 is 1.84. The van der Waals surface area contributed by atoms with Crippen LogP contribution in [0.5, 0.6) is 5.75 Å². The highest BCUT2D eigenvalue weighted by atomic mass is 32.1. The highest BCUT2D eigenvalue weighted by Crippen LogP contribution is 2.40. The quantitative estimate of drug-likeness (QED) is 0.269. The number of aryl methyl sites for hydroxylation is 1. The lowest BCUT2D eigenvalue weighted by atomic mass is 9.92. The fraction of sp³-hybridized carbons (Fsp3) is 0.0303. The van der Waals surface area contributed by atoms with Crippen LogP contribution >= 0.6 is 11.3 Å². The maximum Gasteiger partial charge on any atom is 0.124 e. The van der Waals surface area contributed by atoms with Crippen molar-refractivity contribution in [2.24, 2.45) is 0 Å². The van der Waals surface area contributed by atoms with Crippen molar-refractivity contribution in [3.63, 3.8) is 0 Å². The second-order valence-corrected chi connectivity index (χ2v) is 10.3. The molecule has 0 bridgehead atoms. The van der Waals surface area contributed by atoms with Crippen molar-refractivity contribution >= 4 is 53.1 Å². The SMILES string of the molecule is Cc1ccc(-c2cc3cc(-c4ccc5c(c4)sc4ccccc45)ccc3cc2O)c2ccccc12. The monoisotopic (exact) mass is 466 g/mol. The Morgan fingerprint density at radius 3 is 2.11 bits per heavy atom. The van der Waals surface area contributed by atoms with Gasteiger partial charge in [-0.15, -0.1) is 11.3 Å². The van der Waals surface area contributed by atoms with Crippen LogP contribution in [0.2, 0.25) is 0 Å². The Labute approximate surface area is 207 Å². The van der Waals surface area contributed by atoms with Crippen LogP contribution in [-0.2, 0) is 0 Å². The van der Waals surface area contributed by atoms with E-state index >= 15 is 0 Å². The van der Waals surface area contributed by atoms with E-state index < -0.39 is 0 Å². The number of rotatable bonds is 2. The van der Waals surface area contributed by atoms with Crippen molar-refractivity contribution in [1.82, 2.24) is 0 Å². The maximum atomic E-state index is 11.0. The van der Waals surface area contributed by atoms with Crippen molar-refractivity contribution in [2.45, 2.75) is 6.92 Å². The van der Waals surface area contributed by atoms with Crippen molar-refractivity contribution < 1.29 is 5.11 Å². The molecule has 35 heavy (non-hydrogen) atoms. The third-order valence-corrected chi connectivity index (χ3v) is 8.23. The minimum atomic E-state index is 0.311. The van der Waals surface area contributed by atoms with E-state index in [9.17, 15) is 5.11 Å². The number of phenols is 1. The zero-order chi connectivity index (χ0) is 23.5. The molecule has 1 heterocycles. The van der Waals surface area contributed by atoms with E-state index in [2.05, 4.69) is 110 Å². The van der Waals surface area contributed by atoms with Gasteiger partial charge in [0, 0.05) is 25.7 Å². The van der Waals surface area contributed by atoms with Gasteiger partial charge >= 0.3 is 0 Å². The minimum Gasteiger partial charge on any atom is -0.507 e. The second-order valence-electron chi connectivity index (χ2n) is 9.22. The van der Waals surface area contributed by atoms with Gasteiger partial charge in [0.1, 0.15) is 5.75 Å². The third kappa shape index (κ3) is 3.22. The molecule has 0 saturated heterocycles. The molecule has 6 aromatic carbocycles. The zero-order valence-electron chi connectivity index (χ0n) is 19.2. The van der Waals surface area contributed by atoms with Gasteiger partial charge in [-0.3, -0.25) is 0 Å². The molecule has 1 N–H and O–H groups in total. The summed E-state index contributed by atoms with van der Waals surface area (Å²) in [6, 6.07) is 38.6. The first-order valence-electron chi connectivity index (χ1n) is 11.8. The molecule has 0 aliphatic carbocycles. The number of fused-ring (bicyclic) bond motifs is 5. The Bertz CT molecular complexity index is 1930. The summed E-state index contributed by atoms with van der Waals surface area (Å²) in [6.45, 7) is 2.13. The number of hydrogen-bond acceptors (Lipinski definition) is 2. The first-order valence-corrected chi connectivity index (χ1v) is 12.6. The van der Waals surface area contributed by atoms with Crippen molar-refractivity contribution in [3.05, 3.63) is 115 Å². The number of phenolic OH excluding ortho intramolecular Hbond substituents is 1. The number of aromatic hydroxyl groups is 1. The molecule has 0 radical (unpaired) electrons. The molecular weight excluding hydrogens is 444 g/mol. The fourth-order valence-corrected chi connectivity index (χ4v) is 6.42. The minimum absolute atomic E-state index is 0.311. The summed E-state index contributed by atoms with van der Waals surface area (Å²) in [7, 11) is 0. The number of hydrogen-bond donors (Lipinski definition) is 1. The molecule has 2 heteroatoms. The Balaban J connectivity index is 1.39. The maximum absolute atomic E-state index is 11.0. The van der Waals surface area contributed by atoms with Crippen LogP contribution in [0.4, 0.5) is 0 Å². The van der Waals surface area contributed by atoms with Gasteiger partial charge in [-0.1, -0.05) is 78.9 Å². The predicted octanol–water partition coefficient (Wildman–Crippen LogP) is 9.71. The average molecular weight is 467 g/mol. The lowest BCUT2D eigenvalue weighted by Gasteiger charge is -2.13. The summed E-state index contributed by atoms with van der Waals surface area (Å²) in [6.07, 6.45) is 0. The molecule has 0 unspecified atom stereocenters. The highest BCUT2D eigenvalue weighted by Gasteiger charge is 2.12. The normalized spacial score (nSPS) is 11.7. The summed E-state index contributed by atoms with van der Waals surface area (Å²) in [5.74, 6) is 0.311. The summed E-state index contributed by atoms with van der Waals surface area (Å²) in [4.78, 5) is 0. The standard InChI is InChI=1S/C33H22OS/c1-20-10-14-27(26-7-3-2-6-25(20)26)30-17-24-16-21(11-12-22(24)18-31(30)34)23-13-15-29-28-8-4-5-9-32(28)35-33(29)19-23/h2-19,34H,1H3. The average Bonchev–Trinajstić information content (AvgIpc) is 3.27. The lowest BCUT2D eigenvalue weighted by Crippen LogP contribution is -1.87. The predicted molar refractivity (Wildman–Crippen MR) is 152 cm³/mol. The zero-order valence-corrected chi connectivity index (χ0v) is 20.1. The summed E-state index contributed by atoms with van der Waals surface area (Å²) in [5.41, 5.74) is 5.56. The van der Waals surface area contributed by atoms with Crippen LogP contribution in [0.1, 0.15) is 5.56 Å². The second kappa shape index (κ2) is 7.69. The van der Waals surface area contributed by atoms with Crippen LogP contribution in [0.15, 0.2) is 109 Å². The van der Waals surface area contributed by atoms with Crippen LogP contribution in [0.3, 0.4) is 0 Å². The number of thiophene rings is 1. The van der Waals surface area contributed by atoms with Crippen LogP contribution in [0, 0.1) is 6.92 Å². The first-order chi connectivity index (χ1) is 17.2. The number of benzene rings is 6. The van der Waals surface area contributed by atoms with E-state index in [0.717, 1.165) is 27.3 Å². The summed E-state index contributed by atoms with van der Waals surface area (Å²) in [5, 5.41) is 18.1. The van der Waals surface area contributed by atoms with E-state index in [1.54, 1.807) is 0 Å². The lowest BCUT2D eigenvalue weighted by molar-refractivity contribution is 0.478. The molecule has 0 amide bonds. The highest BCUT2D eigenvalue weighted by molar-refractivity contribution is 7.25. The molecule has 0 spiro atoms. The van der Waals surface area contributed by atoms with Crippen LogP contribution < -0.4 is 0 Å². The molecule has 1 nitrogen and oxygen atoms in total. The van der Waals surface area contributed by atoms with E-state index in [1.807, 2.05) is 17.4 Å². The molecule has 7 rings (SSSR count). The van der Waals surface area contributed by atoms with Gasteiger partial charge < -0.3 is 5.11 Å². The van der Waals surface area contributed by atoms with Gasteiger partial charge in [-0.25, -0.2) is 0 Å². The Morgan fingerprint density at radius 2 is 1.23 bits per heavy atom. The third-order valence-electron chi connectivity index (χ3n) is 7.10. The molecular formula is C33H22OS. The van der Waals surface area contributed by atoms with Gasteiger partial charge in [0.2, 0.25) is 0 Å². The Hall–Kier alpha value is -4.14. The van der Waals surface area contributed by atoms with Gasteiger partial charge in [-0.2, -0.15) is 0 Å². The van der Waals surface area contributed by atoms with Gasteiger partial charge in [0.05, 0.1) is 0 Å². The van der Waals surface area contributed by atoms with Crippen LogP contribution in [0.25, 0.3) is 64.0 Å². The van der Waals surface area contributed by atoms with Gasteiger partial charge in [-0.05, 0) is 81.1 Å². The Kier molecular flexibility index (Phi) is 4.45. The molecule has 7 aromatic rings. The molecule has 1 aromatic heterocycles. The molecule has 0 saturated carbocycles. The van der Waals surface area contributed by atoms with Crippen molar-refractivity contribution in [2.75, 3.05) is 0 Å². The van der Waals surface area contributed by atoms with Crippen molar-refractivity contribution in [3.8, 4) is 28.0 Å². The molecule has 0 fully saturated rings.